The zero-order valence-corrected chi connectivity index (χ0v) is 16.0. The van der Waals surface area contributed by atoms with Crippen molar-refractivity contribution in [3.63, 3.8) is 0 Å². The molecule has 0 spiro atoms. The zero-order chi connectivity index (χ0) is 19.7. The number of hydrogen-bond donors (Lipinski definition) is 2. The number of para-hydroxylation sites is 1. The minimum atomic E-state index is -0.683. The molecule has 2 aromatic carbocycles. The zero-order valence-electron chi connectivity index (χ0n) is 15.3. The fourth-order valence-electron chi connectivity index (χ4n) is 3.42. The van der Waals surface area contributed by atoms with Gasteiger partial charge in [-0.2, -0.15) is 5.10 Å². The Morgan fingerprint density at radius 2 is 2.00 bits per heavy atom. The minimum Gasteiger partial charge on any atom is -0.326 e. The number of carbonyl (C=O) groups is 2. The predicted octanol–water partition coefficient (Wildman–Crippen LogP) is 4.29. The summed E-state index contributed by atoms with van der Waals surface area (Å²) in [7, 11) is 0. The van der Waals surface area contributed by atoms with Crippen molar-refractivity contribution >= 4 is 34.9 Å². The van der Waals surface area contributed by atoms with Crippen LogP contribution >= 0.6 is 11.6 Å². The van der Waals surface area contributed by atoms with Gasteiger partial charge in [0.25, 0.3) is 5.91 Å². The standard InChI is InChI=1S/C21H19ClN4O2/c1-2-16-19(13-7-6-8-14(22)11-13)20-24-21(28)17(26(20)25-16)12-18(27)23-15-9-4-3-5-10-15/h3-11,17H,2,12H2,1H3,(H,23,27)(H,24,28). The van der Waals surface area contributed by atoms with Crippen molar-refractivity contribution in [3.8, 4) is 11.1 Å². The number of aryl methyl sites for hydroxylation is 1. The molecule has 1 aliphatic heterocycles. The first-order valence-electron chi connectivity index (χ1n) is 9.10. The van der Waals surface area contributed by atoms with Gasteiger partial charge in [-0.1, -0.05) is 48.9 Å². The smallest absolute Gasteiger partial charge is 0.251 e. The van der Waals surface area contributed by atoms with Crippen molar-refractivity contribution < 1.29 is 9.59 Å². The Bertz CT molecular complexity index is 1050. The van der Waals surface area contributed by atoms with Crippen molar-refractivity contribution in [1.29, 1.82) is 0 Å². The number of rotatable bonds is 5. The maximum Gasteiger partial charge on any atom is 0.251 e. The van der Waals surface area contributed by atoms with E-state index in [1.807, 2.05) is 43.3 Å². The van der Waals surface area contributed by atoms with Crippen LogP contribution in [0.4, 0.5) is 11.5 Å². The Morgan fingerprint density at radius 3 is 2.71 bits per heavy atom. The maximum atomic E-state index is 12.6. The Morgan fingerprint density at radius 1 is 1.21 bits per heavy atom. The summed E-state index contributed by atoms with van der Waals surface area (Å²) in [6.45, 7) is 2.01. The molecule has 142 valence electrons. The van der Waals surface area contributed by atoms with Gasteiger partial charge in [-0.25, -0.2) is 4.68 Å². The van der Waals surface area contributed by atoms with Gasteiger partial charge in [-0.15, -0.1) is 0 Å². The van der Waals surface area contributed by atoms with Crippen LogP contribution in [0, 0.1) is 0 Å². The Labute approximate surface area is 167 Å². The third kappa shape index (κ3) is 3.39. The van der Waals surface area contributed by atoms with Crippen molar-refractivity contribution in [2.75, 3.05) is 10.6 Å². The van der Waals surface area contributed by atoms with E-state index in [1.165, 1.54) is 0 Å². The molecule has 1 aromatic heterocycles. The second kappa shape index (κ2) is 7.48. The molecule has 1 unspecified atom stereocenters. The number of benzene rings is 2. The van der Waals surface area contributed by atoms with Gasteiger partial charge in [0.2, 0.25) is 5.91 Å². The lowest BCUT2D eigenvalue weighted by atomic mass is 10.0. The highest BCUT2D eigenvalue weighted by atomic mass is 35.5. The molecule has 0 saturated heterocycles. The van der Waals surface area contributed by atoms with Gasteiger partial charge in [-0.3, -0.25) is 9.59 Å². The Kier molecular flexibility index (Phi) is 4.88. The van der Waals surface area contributed by atoms with Gasteiger partial charge in [0.1, 0.15) is 11.9 Å². The molecule has 1 aliphatic rings. The summed E-state index contributed by atoms with van der Waals surface area (Å²) in [5, 5.41) is 10.9. The average Bonchev–Trinajstić information content (AvgIpc) is 3.18. The largest absolute Gasteiger partial charge is 0.326 e. The number of nitrogens with zero attached hydrogens (tertiary/aromatic N) is 2. The Hall–Kier alpha value is -3.12. The SMILES string of the molecule is CCc1nn2c(c1-c1cccc(Cl)c1)NC(=O)C2CC(=O)Nc1ccccc1. The summed E-state index contributed by atoms with van der Waals surface area (Å²) in [6, 6.07) is 15.9. The van der Waals surface area contributed by atoms with E-state index in [0.717, 1.165) is 16.8 Å². The van der Waals surface area contributed by atoms with E-state index in [-0.39, 0.29) is 18.2 Å². The summed E-state index contributed by atoms with van der Waals surface area (Å²) in [5.41, 5.74) is 3.29. The molecule has 6 nitrogen and oxygen atoms in total. The molecule has 2 amide bonds. The van der Waals surface area contributed by atoms with E-state index in [4.69, 9.17) is 11.6 Å². The molecular weight excluding hydrogens is 376 g/mol. The third-order valence-electron chi connectivity index (χ3n) is 4.71. The van der Waals surface area contributed by atoms with Crippen LogP contribution in [0.2, 0.25) is 5.02 Å². The number of halogens is 1. The molecule has 3 aromatic rings. The minimum absolute atomic E-state index is 0.00749. The van der Waals surface area contributed by atoms with Crippen LogP contribution in [-0.2, 0) is 16.0 Å². The van der Waals surface area contributed by atoms with Crippen molar-refractivity contribution in [3.05, 3.63) is 65.3 Å². The fraction of sp³-hybridized carbons (Fsp3) is 0.190. The first-order valence-corrected chi connectivity index (χ1v) is 9.47. The average molecular weight is 395 g/mol. The van der Waals surface area contributed by atoms with E-state index in [2.05, 4.69) is 15.7 Å². The van der Waals surface area contributed by atoms with Crippen molar-refractivity contribution in [2.45, 2.75) is 25.8 Å². The summed E-state index contributed by atoms with van der Waals surface area (Å²) in [4.78, 5) is 25.0. The van der Waals surface area contributed by atoms with Gasteiger partial charge in [-0.05, 0) is 36.2 Å². The first-order chi connectivity index (χ1) is 13.6. The molecule has 4 rings (SSSR count). The monoisotopic (exact) mass is 394 g/mol. The van der Waals surface area contributed by atoms with Crippen LogP contribution < -0.4 is 10.6 Å². The van der Waals surface area contributed by atoms with E-state index < -0.39 is 6.04 Å². The number of fused-ring (bicyclic) bond motifs is 1. The predicted molar refractivity (Wildman–Crippen MR) is 109 cm³/mol. The highest BCUT2D eigenvalue weighted by molar-refractivity contribution is 6.30. The molecular formula is C21H19ClN4O2. The fourth-order valence-corrected chi connectivity index (χ4v) is 3.61. The molecule has 0 bridgehead atoms. The van der Waals surface area contributed by atoms with Crippen molar-refractivity contribution in [2.24, 2.45) is 0 Å². The first kappa shape index (κ1) is 18.3. The van der Waals surface area contributed by atoms with Gasteiger partial charge < -0.3 is 10.6 Å². The molecule has 0 fully saturated rings. The number of nitrogens with one attached hydrogen (secondary N) is 2. The lowest BCUT2D eigenvalue weighted by molar-refractivity contribution is -0.123. The molecule has 1 atom stereocenters. The van der Waals surface area contributed by atoms with Gasteiger partial charge in [0, 0.05) is 16.3 Å². The number of anilines is 2. The number of hydrogen-bond acceptors (Lipinski definition) is 3. The third-order valence-corrected chi connectivity index (χ3v) is 4.94. The number of carbonyl (C=O) groups excluding carboxylic acids is 2. The molecule has 7 heteroatoms. The number of amides is 2. The molecule has 28 heavy (non-hydrogen) atoms. The van der Waals surface area contributed by atoms with Crippen LogP contribution in [0.3, 0.4) is 0 Å². The van der Waals surface area contributed by atoms with Crippen LogP contribution in [0.1, 0.15) is 25.1 Å². The van der Waals surface area contributed by atoms with Gasteiger partial charge in [0.15, 0.2) is 0 Å². The van der Waals surface area contributed by atoms with Gasteiger partial charge >= 0.3 is 0 Å². The lowest BCUT2D eigenvalue weighted by Gasteiger charge is -2.10. The van der Waals surface area contributed by atoms with Crippen LogP contribution in [0.5, 0.6) is 0 Å². The van der Waals surface area contributed by atoms with E-state index in [1.54, 1.807) is 22.9 Å². The summed E-state index contributed by atoms with van der Waals surface area (Å²) in [6.07, 6.45) is 0.703. The normalized spacial score (nSPS) is 15.2. The molecule has 2 N–H and O–H groups in total. The lowest BCUT2D eigenvalue weighted by Crippen LogP contribution is -2.23. The Balaban J connectivity index is 1.63. The van der Waals surface area contributed by atoms with Crippen LogP contribution in [0.25, 0.3) is 11.1 Å². The second-order valence-corrected chi connectivity index (χ2v) is 7.04. The summed E-state index contributed by atoms with van der Waals surface area (Å²) < 4.78 is 1.63. The highest BCUT2D eigenvalue weighted by Gasteiger charge is 2.36. The molecule has 0 aliphatic carbocycles. The molecule has 2 heterocycles. The summed E-state index contributed by atoms with van der Waals surface area (Å²) in [5.74, 6) is 0.135. The quantitative estimate of drug-likeness (QED) is 0.677. The summed E-state index contributed by atoms with van der Waals surface area (Å²) >= 11 is 6.14. The molecule has 0 radical (unpaired) electrons. The van der Waals surface area contributed by atoms with E-state index in [0.29, 0.717) is 22.9 Å². The number of aromatic nitrogens is 2. The topological polar surface area (TPSA) is 76.0 Å². The van der Waals surface area contributed by atoms with Gasteiger partial charge in [0.05, 0.1) is 12.1 Å². The van der Waals surface area contributed by atoms with Crippen LogP contribution in [-0.4, -0.2) is 21.6 Å². The second-order valence-electron chi connectivity index (χ2n) is 6.60. The maximum absolute atomic E-state index is 12.6. The van der Waals surface area contributed by atoms with E-state index >= 15 is 0 Å². The van der Waals surface area contributed by atoms with Crippen LogP contribution in [0.15, 0.2) is 54.6 Å². The van der Waals surface area contributed by atoms with E-state index in [9.17, 15) is 9.59 Å². The highest BCUT2D eigenvalue weighted by Crippen LogP contribution is 2.39. The molecule has 0 saturated carbocycles. The van der Waals surface area contributed by atoms with Crippen molar-refractivity contribution in [1.82, 2.24) is 9.78 Å².